The van der Waals surface area contributed by atoms with Crippen molar-refractivity contribution in [2.45, 2.75) is 46.2 Å². The van der Waals surface area contributed by atoms with Crippen molar-refractivity contribution in [2.24, 2.45) is 5.92 Å². The number of likely N-dealkylation sites (tertiary alicyclic amines) is 1. The zero-order chi connectivity index (χ0) is 13.7. The van der Waals surface area contributed by atoms with Crippen molar-refractivity contribution in [3.8, 4) is 0 Å². The second-order valence-corrected chi connectivity index (χ2v) is 5.99. The Bertz CT molecular complexity index is 389. The minimum atomic E-state index is 0.716. The Balaban J connectivity index is 1.86. The van der Waals surface area contributed by atoms with Gasteiger partial charge in [0.25, 0.3) is 0 Å². The molecule has 19 heavy (non-hydrogen) atoms. The third-order valence-electron chi connectivity index (χ3n) is 4.30. The number of piperidine rings is 1. The molecule has 1 N–H and O–H groups in total. The van der Waals surface area contributed by atoms with E-state index >= 15 is 0 Å². The van der Waals surface area contributed by atoms with E-state index in [1.807, 2.05) is 0 Å². The Kier molecular flexibility index (Phi) is 5.41. The maximum absolute atomic E-state index is 3.69. The van der Waals surface area contributed by atoms with Crippen LogP contribution in [-0.4, -0.2) is 30.6 Å². The summed E-state index contributed by atoms with van der Waals surface area (Å²) in [6.45, 7) is 11.6. The standard InChI is InChI=1S/C17H28N2/c1-4-10-18-17-9-11-19(12-15(17)3)13-16-8-6-5-7-14(16)2/h5-8,15,17-18H,4,9-13H2,1-3H3. The van der Waals surface area contributed by atoms with E-state index < -0.39 is 0 Å². The summed E-state index contributed by atoms with van der Waals surface area (Å²) in [5.41, 5.74) is 2.90. The molecule has 1 aliphatic rings. The van der Waals surface area contributed by atoms with Crippen LogP contribution in [0.2, 0.25) is 0 Å². The van der Waals surface area contributed by atoms with Crippen LogP contribution in [0, 0.1) is 12.8 Å². The average Bonchev–Trinajstić information content (AvgIpc) is 2.40. The number of aryl methyl sites for hydroxylation is 1. The fraction of sp³-hybridized carbons (Fsp3) is 0.647. The van der Waals surface area contributed by atoms with Gasteiger partial charge < -0.3 is 5.32 Å². The van der Waals surface area contributed by atoms with Gasteiger partial charge >= 0.3 is 0 Å². The first-order chi connectivity index (χ1) is 9.20. The van der Waals surface area contributed by atoms with E-state index in [0.29, 0.717) is 6.04 Å². The van der Waals surface area contributed by atoms with Crippen LogP contribution in [-0.2, 0) is 6.54 Å². The van der Waals surface area contributed by atoms with Gasteiger partial charge in [-0.1, -0.05) is 38.1 Å². The van der Waals surface area contributed by atoms with Gasteiger partial charge in [0.1, 0.15) is 0 Å². The summed E-state index contributed by atoms with van der Waals surface area (Å²) in [7, 11) is 0. The molecule has 1 heterocycles. The molecule has 0 amide bonds. The van der Waals surface area contributed by atoms with E-state index in [0.717, 1.165) is 19.0 Å². The van der Waals surface area contributed by atoms with Gasteiger partial charge in [0, 0.05) is 19.1 Å². The normalized spacial score (nSPS) is 24.6. The van der Waals surface area contributed by atoms with Gasteiger partial charge in [-0.15, -0.1) is 0 Å². The Morgan fingerprint density at radius 3 is 2.79 bits per heavy atom. The van der Waals surface area contributed by atoms with Crippen LogP contribution in [0.1, 0.15) is 37.8 Å². The monoisotopic (exact) mass is 260 g/mol. The Hall–Kier alpha value is -0.860. The molecule has 0 radical (unpaired) electrons. The molecule has 1 aliphatic heterocycles. The van der Waals surface area contributed by atoms with Crippen LogP contribution in [0.4, 0.5) is 0 Å². The van der Waals surface area contributed by atoms with E-state index in [2.05, 4.69) is 55.3 Å². The van der Waals surface area contributed by atoms with Gasteiger partial charge in [-0.05, 0) is 49.9 Å². The summed E-state index contributed by atoms with van der Waals surface area (Å²) in [5.74, 6) is 0.754. The number of nitrogens with zero attached hydrogens (tertiary/aromatic N) is 1. The third-order valence-corrected chi connectivity index (χ3v) is 4.30. The molecule has 0 aliphatic carbocycles. The molecule has 1 aromatic carbocycles. The highest BCUT2D eigenvalue weighted by atomic mass is 15.1. The maximum Gasteiger partial charge on any atom is 0.0236 e. The van der Waals surface area contributed by atoms with Gasteiger partial charge in [0.05, 0.1) is 0 Å². The van der Waals surface area contributed by atoms with Gasteiger partial charge in [0.15, 0.2) is 0 Å². The van der Waals surface area contributed by atoms with Gasteiger partial charge in [-0.3, -0.25) is 4.90 Å². The summed E-state index contributed by atoms with van der Waals surface area (Å²) in [5, 5.41) is 3.69. The lowest BCUT2D eigenvalue weighted by Gasteiger charge is -2.37. The summed E-state index contributed by atoms with van der Waals surface area (Å²) in [4.78, 5) is 2.61. The third kappa shape index (κ3) is 4.05. The molecule has 0 aromatic heterocycles. The minimum Gasteiger partial charge on any atom is -0.314 e. The average molecular weight is 260 g/mol. The van der Waals surface area contributed by atoms with E-state index in [4.69, 9.17) is 0 Å². The second-order valence-electron chi connectivity index (χ2n) is 5.99. The number of rotatable bonds is 5. The van der Waals surface area contributed by atoms with Crippen LogP contribution in [0.3, 0.4) is 0 Å². The Morgan fingerprint density at radius 1 is 1.32 bits per heavy atom. The number of benzene rings is 1. The Morgan fingerprint density at radius 2 is 2.11 bits per heavy atom. The molecular weight excluding hydrogens is 232 g/mol. The molecule has 0 spiro atoms. The summed E-state index contributed by atoms with van der Waals surface area (Å²) in [6.07, 6.45) is 2.52. The summed E-state index contributed by atoms with van der Waals surface area (Å²) < 4.78 is 0. The molecule has 2 unspecified atom stereocenters. The molecule has 2 rings (SSSR count). The number of hydrogen-bond acceptors (Lipinski definition) is 2. The highest BCUT2D eigenvalue weighted by Gasteiger charge is 2.25. The lowest BCUT2D eigenvalue weighted by Crippen LogP contribution is -2.48. The van der Waals surface area contributed by atoms with Gasteiger partial charge in [-0.25, -0.2) is 0 Å². The van der Waals surface area contributed by atoms with Crippen molar-refractivity contribution >= 4 is 0 Å². The van der Waals surface area contributed by atoms with Crippen LogP contribution in [0.5, 0.6) is 0 Å². The lowest BCUT2D eigenvalue weighted by atomic mass is 9.93. The smallest absolute Gasteiger partial charge is 0.0236 e. The SMILES string of the molecule is CCCNC1CCN(Cc2ccccc2C)CC1C. The molecule has 2 atom stereocenters. The van der Waals surface area contributed by atoms with Crippen LogP contribution >= 0.6 is 0 Å². The molecule has 2 nitrogen and oxygen atoms in total. The van der Waals surface area contributed by atoms with E-state index in [1.165, 1.54) is 37.1 Å². The highest BCUT2D eigenvalue weighted by molar-refractivity contribution is 5.25. The number of nitrogens with one attached hydrogen (secondary N) is 1. The van der Waals surface area contributed by atoms with Gasteiger partial charge in [0.2, 0.25) is 0 Å². The predicted molar refractivity (Wildman–Crippen MR) is 82.3 cm³/mol. The quantitative estimate of drug-likeness (QED) is 0.874. The van der Waals surface area contributed by atoms with E-state index in [1.54, 1.807) is 0 Å². The van der Waals surface area contributed by atoms with Crippen molar-refractivity contribution < 1.29 is 0 Å². The molecule has 1 fully saturated rings. The molecular formula is C17H28N2. The molecule has 1 aromatic rings. The predicted octanol–water partition coefficient (Wildman–Crippen LogP) is 3.21. The molecule has 106 valence electrons. The number of hydrogen-bond donors (Lipinski definition) is 1. The lowest BCUT2D eigenvalue weighted by molar-refractivity contribution is 0.141. The first-order valence-electron chi connectivity index (χ1n) is 7.71. The largest absolute Gasteiger partial charge is 0.314 e. The molecule has 0 saturated carbocycles. The maximum atomic E-state index is 3.69. The second kappa shape index (κ2) is 7.06. The fourth-order valence-electron chi connectivity index (χ4n) is 3.04. The van der Waals surface area contributed by atoms with Crippen molar-refractivity contribution in [1.29, 1.82) is 0 Å². The highest BCUT2D eigenvalue weighted by Crippen LogP contribution is 2.20. The van der Waals surface area contributed by atoms with Crippen LogP contribution < -0.4 is 5.32 Å². The van der Waals surface area contributed by atoms with Crippen LogP contribution in [0.15, 0.2) is 24.3 Å². The minimum absolute atomic E-state index is 0.716. The topological polar surface area (TPSA) is 15.3 Å². The van der Waals surface area contributed by atoms with E-state index in [-0.39, 0.29) is 0 Å². The zero-order valence-corrected chi connectivity index (χ0v) is 12.7. The van der Waals surface area contributed by atoms with Crippen molar-refractivity contribution in [3.63, 3.8) is 0 Å². The zero-order valence-electron chi connectivity index (χ0n) is 12.7. The van der Waals surface area contributed by atoms with Crippen molar-refractivity contribution in [1.82, 2.24) is 10.2 Å². The molecule has 0 bridgehead atoms. The first-order valence-corrected chi connectivity index (χ1v) is 7.71. The van der Waals surface area contributed by atoms with Gasteiger partial charge in [-0.2, -0.15) is 0 Å². The van der Waals surface area contributed by atoms with E-state index in [9.17, 15) is 0 Å². The first kappa shape index (κ1) is 14.5. The molecule has 2 heteroatoms. The van der Waals surface area contributed by atoms with Crippen molar-refractivity contribution in [3.05, 3.63) is 35.4 Å². The molecule has 1 saturated heterocycles. The van der Waals surface area contributed by atoms with Crippen molar-refractivity contribution in [2.75, 3.05) is 19.6 Å². The Labute approximate surface area is 118 Å². The summed E-state index contributed by atoms with van der Waals surface area (Å²) in [6, 6.07) is 9.48. The van der Waals surface area contributed by atoms with Crippen LogP contribution in [0.25, 0.3) is 0 Å². The summed E-state index contributed by atoms with van der Waals surface area (Å²) >= 11 is 0. The fourth-order valence-corrected chi connectivity index (χ4v) is 3.04.